The van der Waals surface area contributed by atoms with Crippen LogP contribution in [0.3, 0.4) is 0 Å². The minimum absolute atomic E-state index is 0.0451. The summed E-state index contributed by atoms with van der Waals surface area (Å²) in [5.74, 6) is -1.37. The van der Waals surface area contributed by atoms with Gasteiger partial charge in [-0.1, -0.05) is 13.8 Å². The normalized spacial score (nSPS) is 13.5. The van der Waals surface area contributed by atoms with E-state index in [1.54, 1.807) is 0 Å². The number of methoxy groups -OCH3 is 1. The van der Waals surface area contributed by atoms with Crippen LogP contribution >= 0.6 is 0 Å². The van der Waals surface area contributed by atoms with Crippen molar-refractivity contribution in [2.75, 3.05) is 20.3 Å². The highest BCUT2D eigenvalue weighted by atomic mass is 19.4. The summed E-state index contributed by atoms with van der Waals surface area (Å²) in [4.78, 5) is 0. The summed E-state index contributed by atoms with van der Waals surface area (Å²) >= 11 is 0. The fourth-order valence-electron chi connectivity index (χ4n) is 1.68. The second-order valence-corrected chi connectivity index (χ2v) is 4.90. The van der Waals surface area contributed by atoms with Crippen LogP contribution in [-0.2, 0) is 10.9 Å². The lowest BCUT2D eigenvalue weighted by molar-refractivity contribution is -0.140. The van der Waals surface area contributed by atoms with Gasteiger partial charge in [-0.15, -0.1) is 0 Å². The van der Waals surface area contributed by atoms with Crippen LogP contribution < -0.4 is 10.1 Å². The van der Waals surface area contributed by atoms with Gasteiger partial charge in [0.25, 0.3) is 0 Å². The second-order valence-electron chi connectivity index (χ2n) is 4.90. The molecule has 0 amide bonds. The predicted octanol–water partition coefficient (Wildman–Crippen LogP) is 3.24. The van der Waals surface area contributed by atoms with E-state index in [1.165, 1.54) is 13.2 Å². The predicted molar refractivity (Wildman–Crippen MR) is 70.8 cm³/mol. The topological polar surface area (TPSA) is 30.5 Å². The molecule has 3 nitrogen and oxygen atoms in total. The van der Waals surface area contributed by atoms with E-state index in [0.29, 0.717) is 12.6 Å². The van der Waals surface area contributed by atoms with Crippen LogP contribution in [0.5, 0.6) is 5.75 Å². The van der Waals surface area contributed by atoms with E-state index in [4.69, 9.17) is 9.47 Å². The highest BCUT2D eigenvalue weighted by Crippen LogP contribution is 2.33. The van der Waals surface area contributed by atoms with Crippen molar-refractivity contribution in [3.05, 3.63) is 29.6 Å². The lowest BCUT2D eigenvalue weighted by atomic mass is 10.2. The van der Waals surface area contributed by atoms with Gasteiger partial charge in [-0.25, -0.2) is 4.39 Å². The fourth-order valence-corrected chi connectivity index (χ4v) is 1.68. The third kappa shape index (κ3) is 5.89. The zero-order valence-corrected chi connectivity index (χ0v) is 12.1. The lowest BCUT2D eigenvalue weighted by Gasteiger charge is -2.21. The Morgan fingerprint density at radius 3 is 2.43 bits per heavy atom. The maximum Gasteiger partial charge on any atom is 0.419 e. The Balaban J connectivity index is 2.84. The molecule has 1 atom stereocenters. The van der Waals surface area contributed by atoms with E-state index in [-0.39, 0.29) is 18.4 Å². The minimum Gasteiger partial charge on any atom is -0.487 e. The number of hydrogen-bond acceptors (Lipinski definition) is 3. The van der Waals surface area contributed by atoms with E-state index in [9.17, 15) is 17.6 Å². The Morgan fingerprint density at radius 2 is 1.90 bits per heavy atom. The number of hydrogen-bond donors (Lipinski definition) is 1. The van der Waals surface area contributed by atoms with E-state index in [0.717, 1.165) is 6.07 Å². The van der Waals surface area contributed by atoms with Crippen molar-refractivity contribution < 1.29 is 27.0 Å². The van der Waals surface area contributed by atoms with Gasteiger partial charge in [0.05, 0.1) is 12.2 Å². The third-order valence-electron chi connectivity index (χ3n) is 2.65. The third-order valence-corrected chi connectivity index (χ3v) is 2.65. The first kappa shape index (κ1) is 17.7. The van der Waals surface area contributed by atoms with Gasteiger partial charge < -0.3 is 14.8 Å². The molecule has 0 aliphatic carbocycles. The van der Waals surface area contributed by atoms with Gasteiger partial charge >= 0.3 is 6.18 Å². The van der Waals surface area contributed by atoms with Crippen LogP contribution in [0.25, 0.3) is 0 Å². The Bertz CT molecular complexity index is 449. The van der Waals surface area contributed by atoms with Gasteiger partial charge in [0.2, 0.25) is 0 Å². The van der Waals surface area contributed by atoms with Crippen molar-refractivity contribution in [2.24, 2.45) is 0 Å². The molecular formula is C14H19F4NO2. The zero-order valence-electron chi connectivity index (χ0n) is 12.1. The molecule has 0 saturated carbocycles. The number of alkyl halides is 3. The number of ether oxygens (including phenoxy) is 2. The van der Waals surface area contributed by atoms with Gasteiger partial charge in [0, 0.05) is 19.7 Å². The van der Waals surface area contributed by atoms with Crippen molar-refractivity contribution in [2.45, 2.75) is 32.2 Å². The van der Waals surface area contributed by atoms with Crippen LogP contribution in [0.2, 0.25) is 0 Å². The van der Waals surface area contributed by atoms with Crippen LogP contribution in [0.1, 0.15) is 19.4 Å². The number of nitrogens with one attached hydrogen (secondary N) is 1. The largest absolute Gasteiger partial charge is 0.487 e. The Morgan fingerprint density at radius 1 is 1.24 bits per heavy atom. The van der Waals surface area contributed by atoms with E-state index in [2.05, 4.69) is 5.32 Å². The molecule has 0 aliphatic heterocycles. The van der Waals surface area contributed by atoms with Gasteiger partial charge in [-0.05, 0) is 18.2 Å². The summed E-state index contributed by atoms with van der Waals surface area (Å²) in [5.41, 5.74) is -1.34. The highest BCUT2D eigenvalue weighted by molar-refractivity contribution is 5.31. The quantitative estimate of drug-likeness (QED) is 0.784. The molecule has 1 rings (SSSR count). The van der Waals surface area contributed by atoms with Crippen LogP contribution in [0, 0.1) is 5.82 Å². The van der Waals surface area contributed by atoms with Gasteiger partial charge in [0.1, 0.15) is 17.7 Å². The van der Waals surface area contributed by atoms with Crippen molar-refractivity contribution in [1.82, 2.24) is 5.32 Å². The van der Waals surface area contributed by atoms with E-state index in [1.807, 2.05) is 13.8 Å². The maximum atomic E-state index is 13.2. The van der Waals surface area contributed by atoms with Crippen LogP contribution in [0.15, 0.2) is 18.2 Å². The van der Waals surface area contributed by atoms with Gasteiger partial charge in [-0.2, -0.15) is 13.2 Å². The smallest absolute Gasteiger partial charge is 0.419 e. The van der Waals surface area contributed by atoms with Crippen molar-refractivity contribution in [3.63, 3.8) is 0 Å². The van der Waals surface area contributed by atoms with Gasteiger partial charge in [0.15, 0.2) is 0 Å². The van der Waals surface area contributed by atoms with Crippen molar-refractivity contribution in [3.8, 4) is 5.75 Å². The first-order chi connectivity index (χ1) is 9.74. The average molecular weight is 309 g/mol. The number of benzene rings is 1. The molecule has 0 aliphatic rings. The standard InChI is InChI=1S/C14H19F4NO2/c1-9(2)19-7-11(8-20-3)21-10-4-5-13(15)12(6-10)14(16,17)18/h4-6,9,11,19H,7-8H2,1-3H3. The fraction of sp³-hybridized carbons (Fsp3) is 0.571. The second kappa shape index (κ2) is 7.61. The summed E-state index contributed by atoms with van der Waals surface area (Å²) in [7, 11) is 1.47. The molecule has 0 spiro atoms. The van der Waals surface area contributed by atoms with Crippen LogP contribution in [0.4, 0.5) is 17.6 Å². The molecule has 1 aromatic rings. The molecule has 1 unspecified atom stereocenters. The summed E-state index contributed by atoms with van der Waals surface area (Å²) in [6.07, 6.45) is -5.22. The summed E-state index contributed by atoms with van der Waals surface area (Å²) < 4.78 is 61.5. The molecule has 0 heterocycles. The number of rotatable bonds is 7. The van der Waals surface area contributed by atoms with Crippen LogP contribution in [-0.4, -0.2) is 32.4 Å². The Hall–Kier alpha value is -1.34. The monoisotopic (exact) mass is 309 g/mol. The van der Waals surface area contributed by atoms with Crippen molar-refractivity contribution >= 4 is 0 Å². The molecule has 21 heavy (non-hydrogen) atoms. The zero-order chi connectivity index (χ0) is 16.0. The Kier molecular flexibility index (Phi) is 6.42. The summed E-state index contributed by atoms with van der Waals surface area (Å²) in [6, 6.07) is 2.78. The molecule has 7 heteroatoms. The van der Waals surface area contributed by atoms with Gasteiger partial charge in [-0.3, -0.25) is 0 Å². The molecule has 0 aromatic heterocycles. The first-order valence-electron chi connectivity index (χ1n) is 6.49. The minimum atomic E-state index is -4.75. The average Bonchev–Trinajstić information content (AvgIpc) is 2.37. The summed E-state index contributed by atoms with van der Waals surface area (Å²) in [5, 5.41) is 3.11. The SMILES string of the molecule is COCC(CNC(C)C)Oc1ccc(F)c(C(F)(F)F)c1. The first-order valence-corrected chi connectivity index (χ1v) is 6.49. The molecule has 1 N–H and O–H groups in total. The molecule has 0 radical (unpaired) electrons. The number of halogens is 4. The summed E-state index contributed by atoms with van der Waals surface area (Å²) in [6.45, 7) is 4.48. The molecule has 0 bridgehead atoms. The molecule has 1 aromatic carbocycles. The molecule has 0 saturated heterocycles. The highest BCUT2D eigenvalue weighted by Gasteiger charge is 2.34. The van der Waals surface area contributed by atoms with Crippen molar-refractivity contribution in [1.29, 1.82) is 0 Å². The lowest BCUT2D eigenvalue weighted by Crippen LogP contribution is -2.38. The molecular weight excluding hydrogens is 290 g/mol. The molecule has 120 valence electrons. The maximum absolute atomic E-state index is 13.2. The Labute approximate surface area is 121 Å². The van der Waals surface area contributed by atoms with E-state index >= 15 is 0 Å². The van der Waals surface area contributed by atoms with E-state index < -0.39 is 23.7 Å². The molecule has 0 fully saturated rings.